The summed E-state index contributed by atoms with van der Waals surface area (Å²) in [6.07, 6.45) is 0.457. The minimum Gasteiger partial charge on any atom is -0.489 e. The van der Waals surface area contributed by atoms with Gasteiger partial charge in [0.1, 0.15) is 12.4 Å². The topological polar surface area (TPSA) is 59.1 Å². The van der Waals surface area contributed by atoms with Gasteiger partial charge in [0, 0.05) is 21.5 Å². The number of nitrogens with one attached hydrogen (secondary N) is 1. The molecule has 0 amide bonds. The molecule has 0 radical (unpaired) electrons. The number of halogens is 2. The van der Waals surface area contributed by atoms with Crippen molar-refractivity contribution >= 4 is 33.4 Å². The molecular formula is C15H14BrClN2O. The van der Waals surface area contributed by atoms with Gasteiger partial charge in [0.2, 0.25) is 0 Å². The van der Waals surface area contributed by atoms with Crippen LogP contribution in [-0.4, -0.2) is 5.84 Å². The van der Waals surface area contributed by atoms with E-state index in [1.807, 2.05) is 42.5 Å². The molecule has 2 aromatic rings. The highest BCUT2D eigenvalue weighted by molar-refractivity contribution is 9.10. The van der Waals surface area contributed by atoms with E-state index in [0.29, 0.717) is 18.1 Å². The number of ether oxygens (including phenoxy) is 1. The van der Waals surface area contributed by atoms with Gasteiger partial charge in [-0.1, -0.05) is 45.7 Å². The fourth-order valence-corrected chi connectivity index (χ4v) is 2.45. The maximum absolute atomic E-state index is 7.25. The van der Waals surface area contributed by atoms with E-state index in [4.69, 9.17) is 27.5 Å². The van der Waals surface area contributed by atoms with Crippen molar-refractivity contribution < 1.29 is 4.74 Å². The van der Waals surface area contributed by atoms with Crippen molar-refractivity contribution in [3.05, 3.63) is 63.1 Å². The quantitative estimate of drug-likeness (QED) is 0.626. The molecule has 0 aliphatic rings. The molecule has 0 aliphatic carbocycles. The lowest BCUT2D eigenvalue weighted by molar-refractivity contribution is 0.306. The van der Waals surface area contributed by atoms with Crippen molar-refractivity contribution in [3.63, 3.8) is 0 Å². The van der Waals surface area contributed by atoms with E-state index in [-0.39, 0.29) is 5.84 Å². The van der Waals surface area contributed by atoms with Crippen LogP contribution in [0.25, 0.3) is 0 Å². The van der Waals surface area contributed by atoms with Gasteiger partial charge in [-0.15, -0.1) is 0 Å². The first kappa shape index (κ1) is 14.9. The molecule has 0 heterocycles. The molecule has 0 bridgehead atoms. The molecule has 3 N–H and O–H groups in total. The summed E-state index contributed by atoms with van der Waals surface area (Å²) in [7, 11) is 0. The molecule has 0 fully saturated rings. The number of amidine groups is 1. The van der Waals surface area contributed by atoms with Crippen LogP contribution in [0.15, 0.2) is 46.9 Å². The zero-order valence-corrected chi connectivity index (χ0v) is 13.0. The van der Waals surface area contributed by atoms with Gasteiger partial charge in [-0.25, -0.2) is 0 Å². The Labute approximate surface area is 131 Å². The van der Waals surface area contributed by atoms with Crippen LogP contribution in [0.5, 0.6) is 5.75 Å². The molecule has 20 heavy (non-hydrogen) atoms. The highest BCUT2D eigenvalue weighted by Gasteiger charge is 2.03. The molecule has 3 nitrogen and oxygen atoms in total. The van der Waals surface area contributed by atoms with E-state index in [1.54, 1.807) is 0 Å². The van der Waals surface area contributed by atoms with Crippen LogP contribution in [-0.2, 0) is 13.0 Å². The standard InChI is InChI=1S/C15H14BrClN2O/c16-12-4-3-11(14(17)8-12)9-20-13-5-1-10(2-6-13)7-15(18)19/h1-6,8H,7,9H2,(H3,18,19). The van der Waals surface area contributed by atoms with Gasteiger partial charge in [0.15, 0.2) is 0 Å². The minimum absolute atomic E-state index is 0.153. The Morgan fingerprint density at radius 3 is 2.50 bits per heavy atom. The van der Waals surface area contributed by atoms with Crippen LogP contribution in [0.4, 0.5) is 0 Å². The normalized spacial score (nSPS) is 10.3. The molecule has 0 unspecified atom stereocenters. The monoisotopic (exact) mass is 352 g/mol. The number of benzene rings is 2. The van der Waals surface area contributed by atoms with Gasteiger partial charge in [0.05, 0.1) is 5.84 Å². The summed E-state index contributed by atoms with van der Waals surface area (Å²) < 4.78 is 6.63. The van der Waals surface area contributed by atoms with Gasteiger partial charge in [-0.3, -0.25) is 5.41 Å². The molecule has 2 aromatic carbocycles. The van der Waals surface area contributed by atoms with E-state index in [9.17, 15) is 0 Å². The second-order valence-corrected chi connectivity index (χ2v) is 5.69. The van der Waals surface area contributed by atoms with Crippen LogP contribution in [0.1, 0.15) is 11.1 Å². The Bertz CT molecular complexity index is 614. The molecule has 0 spiro atoms. The van der Waals surface area contributed by atoms with Crippen molar-refractivity contribution in [1.29, 1.82) is 5.41 Å². The summed E-state index contributed by atoms with van der Waals surface area (Å²) in [6, 6.07) is 13.2. The third kappa shape index (κ3) is 4.25. The second kappa shape index (κ2) is 6.77. The van der Waals surface area contributed by atoms with Crippen LogP contribution in [0.2, 0.25) is 5.02 Å². The molecule has 0 aromatic heterocycles. The predicted octanol–water partition coefficient (Wildman–Crippen LogP) is 4.16. The lowest BCUT2D eigenvalue weighted by atomic mass is 10.1. The van der Waals surface area contributed by atoms with Crippen molar-refractivity contribution in [2.45, 2.75) is 13.0 Å². The number of nitrogens with two attached hydrogens (primary N) is 1. The van der Waals surface area contributed by atoms with Gasteiger partial charge < -0.3 is 10.5 Å². The SMILES string of the molecule is N=C(N)Cc1ccc(OCc2ccc(Br)cc2Cl)cc1. The Hall–Kier alpha value is -1.52. The second-order valence-electron chi connectivity index (χ2n) is 4.37. The average molecular weight is 354 g/mol. The molecular weight excluding hydrogens is 340 g/mol. The fourth-order valence-electron chi connectivity index (χ4n) is 1.72. The van der Waals surface area contributed by atoms with E-state index >= 15 is 0 Å². The molecule has 5 heteroatoms. The highest BCUT2D eigenvalue weighted by atomic mass is 79.9. The van der Waals surface area contributed by atoms with E-state index in [1.165, 1.54) is 0 Å². The van der Waals surface area contributed by atoms with Crippen molar-refractivity contribution in [2.75, 3.05) is 0 Å². The Kier molecular flexibility index (Phi) is 5.04. The average Bonchev–Trinajstić information content (AvgIpc) is 2.39. The molecule has 2 rings (SSSR count). The minimum atomic E-state index is 0.153. The van der Waals surface area contributed by atoms with Crippen LogP contribution < -0.4 is 10.5 Å². The maximum Gasteiger partial charge on any atom is 0.119 e. The fraction of sp³-hybridized carbons (Fsp3) is 0.133. The van der Waals surface area contributed by atoms with Crippen LogP contribution in [0, 0.1) is 5.41 Å². The molecule has 104 valence electrons. The Morgan fingerprint density at radius 2 is 1.90 bits per heavy atom. The van der Waals surface area contributed by atoms with Gasteiger partial charge in [-0.05, 0) is 29.8 Å². The number of rotatable bonds is 5. The number of hydrogen-bond donors (Lipinski definition) is 2. The predicted molar refractivity (Wildman–Crippen MR) is 85.5 cm³/mol. The Morgan fingerprint density at radius 1 is 1.20 bits per heavy atom. The maximum atomic E-state index is 7.25. The summed E-state index contributed by atoms with van der Waals surface area (Å²) >= 11 is 9.50. The van der Waals surface area contributed by atoms with Crippen LogP contribution in [0.3, 0.4) is 0 Å². The van der Waals surface area contributed by atoms with E-state index < -0.39 is 0 Å². The molecule has 0 saturated heterocycles. The van der Waals surface area contributed by atoms with Gasteiger partial charge in [-0.2, -0.15) is 0 Å². The number of hydrogen-bond acceptors (Lipinski definition) is 2. The lowest BCUT2D eigenvalue weighted by Gasteiger charge is -2.09. The summed E-state index contributed by atoms with van der Waals surface area (Å²) in [5.41, 5.74) is 7.28. The smallest absolute Gasteiger partial charge is 0.119 e. The lowest BCUT2D eigenvalue weighted by Crippen LogP contribution is -2.12. The third-order valence-electron chi connectivity index (χ3n) is 2.73. The van der Waals surface area contributed by atoms with Crippen molar-refractivity contribution in [2.24, 2.45) is 5.73 Å². The third-order valence-corrected chi connectivity index (χ3v) is 3.57. The first-order chi connectivity index (χ1) is 9.54. The van der Waals surface area contributed by atoms with Gasteiger partial charge >= 0.3 is 0 Å². The summed E-state index contributed by atoms with van der Waals surface area (Å²) in [4.78, 5) is 0. The first-order valence-electron chi connectivity index (χ1n) is 6.03. The van der Waals surface area contributed by atoms with E-state index in [0.717, 1.165) is 21.3 Å². The highest BCUT2D eigenvalue weighted by Crippen LogP contribution is 2.23. The summed E-state index contributed by atoms with van der Waals surface area (Å²) in [5.74, 6) is 0.914. The van der Waals surface area contributed by atoms with Crippen molar-refractivity contribution in [3.8, 4) is 5.75 Å². The Balaban J connectivity index is 1.98. The largest absolute Gasteiger partial charge is 0.489 e. The molecule has 0 saturated carbocycles. The molecule has 0 aliphatic heterocycles. The van der Waals surface area contributed by atoms with Crippen molar-refractivity contribution in [1.82, 2.24) is 0 Å². The summed E-state index contributed by atoms with van der Waals surface area (Å²) in [5, 5.41) is 7.92. The molecule has 0 atom stereocenters. The van der Waals surface area contributed by atoms with Crippen LogP contribution >= 0.6 is 27.5 Å². The zero-order chi connectivity index (χ0) is 14.5. The first-order valence-corrected chi connectivity index (χ1v) is 7.20. The van der Waals surface area contributed by atoms with E-state index in [2.05, 4.69) is 15.9 Å². The van der Waals surface area contributed by atoms with Gasteiger partial charge in [0.25, 0.3) is 0 Å². The summed E-state index contributed by atoms with van der Waals surface area (Å²) in [6.45, 7) is 0.415. The zero-order valence-electron chi connectivity index (χ0n) is 10.7.